The fourth-order valence-corrected chi connectivity index (χ4v) is 3.27. The second kappa shape index (κ2) is 6.37. The first-order valence-corrected chi connectivity index (χ1v) is 7.34. The number of carbonyl (C=O) groups excluding carboxylic acids is 2. The molecule has 0 radical (unpaired) electrons. The molecule has 2 aliphatic heterocycles. The Bertz CT molecular complexity index is 346. The summed E-state index contributed by atoms with van der Waals surface area (Å²) in [6.45, 7) is 4.75. The molecule has 0 aromatic heterocycles. The van der Waals surface area contributed by atoms with Crippen LogP contribution in [0.3, 0.4) is 0 Å². The van der Waals surface area contributed by atoms with E-state index in [1.54, 1.807) is 6.92 Å². The summed E-state index contributed by atoms with van der Waals surface area (Å²) >= 11 is 0. The third-order valence-electron chi connectivity index (χ3n) is 4.32. The van der Waals surface area contributed by atoms with Crippen molar-refractivity contribution >= 4 is 11.8 Å². The number of likely N-dealkylation sites (N-methyl/N-ethyl adjacent to an activating group) is 1. The number of hydrogen-bond donors (Lipinski definition) is 1. The maximum atomic E-state index is 12.6. The van der Waals surface area contributed by atoms with Crippen LogP contribution in [0.1, 0.15) is 32.6 Å². The van der Waals surface area contributed by atoms with Gasteiger partial charge in [-0.05, 0) is 32.7 Å². The van der Waals surface area contributed by atoms with Gasteiger partial charge < -0.3 is 15.1 Å². The molecule has 0 bridgehead atoms. The van der Waals surface area contributed by atoms with E-state index in [1.165, 1.54) is 0 Å². The van der Waals surface area contributed by atoms with E-state index in [0.29, 0.717) is 12.6 Å². The van der Waals surface area contributed by atoms with Gasteiger partial charge in [0.1, 0.15) is 0 Å². The number of rotatable bonds is 3. The number of piperidine rings is 1. The van der Waals surface area contributed by atoms with E-state index in [4.69, 9.17) is 0 Å². The Morgan fingerprint density at radius 3 is 2.63 bits per heavy atom. The van der Waals surface area contributed by atoms with Crippen molar-refractivity contribution in [2.45, 2.75) is 38.6 Å². The highest BCUT2D eigenvalue weighted by Gasteiger charge is 2.35. The molecule has 2 fully saturated rings. The van der Waals surface area contributed by atoms with Crippen molar-refractivity contribution in [1.29, 1.82) is 0 Å². The van der Waals surface area contributed by atoms with Gasteiger partial charge in [0, 0.05) is 39.1 Å². The minimum Gasteiger partial charge on any atom is -0.342 e. The van der Waals surface area contributed by atoms with E-state index >= 15 is 0 Å². The van der Waals surface area contributed by atoms with Crippen LogP contribution in [0.15, 0.2) is 0 Å². The maximum Gasteiger partial charge on any atom is 0.227 e. The highest BCUT2D eigenvalue weighted by atomic mass is 16.2. The molecule has 0 spiro atoms. The van der Waals surface area contributed by atoms with Gasteiger partial charge in [0.05, 0.1) is 5.92 Å². The zero-order valence-electron chi connectivity index (χ0n) is 12.0. The van der Waals surface area contributed by atoms with Gasteiger partial charge >= 0.3 is 0 Å². The van der Waals surface area contributed by atoms with Gasteiger partial charge in [-0.1, -0.05) is 0 Å². The Morgan fingerprint density at radius 2 is 1.95 bits per heavy atom. The van der Waals surface area contributed by atoms with Crippen molar-refractivity contribution in [3.8, 4) is 0 Å². The summed E-state index contributed by atoms with van der Waals surface area (Å²) in [7, 11) is 1.93. The van der Waals surface area contributed by atoms with Gasteiger partial charge in [-0.15, -0.1) is 0 Å². The summed E-state index contributed by atoms with van der Waals surface area (Å²) in [4.78, 5) is 27.9. The quantitative estimate of drug-likeness (QED) is 0.808. The predicted molar refractivity (Wildman–Crippen MR) is 73.6 cm³/mol. The van der Waals surface area contributed by atoms with Gasteiger partial charge in [0.25, 0.3) is 0 Å². The topological polar surface area (TPSA) is 52.7 Å². The molecule has 0 aromatic rings. The third kappa shape index (κ3) is 3.26. The lowest BCUT2D eigenvalue weighted by Crippen LogP contribution is -2.49. The second-order valence-corrected chi connectivity index (χ2v) is 5.69. The Labute approximate surface area is 115 Å². The number of carbonyl (C=O) groups is 2. The largest absolute Gasteiger partial charge is 0.342 e. The van der Waals surface area contributed by atoms with Crippen molar-refractivity contribution < 1.29 is 9.59 Å². The predicted octanol–water partition coefficient (Wildman–Crippen LogP) is 0.455. The molecule has 2 saturated heterocycles. The molecule has 108 valence electrons. The molecule has 2 heterocycles. The summed E-state index contributed by atoms with van der Waals surface area (Å²) in [6.07, 6.45) is 4.06. The molecule has 2 aliphatic rings. The first kappa shape index (κ1) is 14.3. The van der Waals surface area contributed by atoms with Gasteiger partial charge in [-0.3, -0.25) is 9.59 Å². The lowest BCUT2D eigenvalue weighted by Gasteiger charge is -2.35. The molecule has 2 rings (SSSR count). The first-order chi connectivity index (χ1) is 9.13. The Hall–Kier alpha value is -1.10. The van der Waals surface area contributed by atoms with Gasteiger partial charge in [0.2, 0.25) is 11.8 Å². The maximum absolute atomic E-state index is 12.6. The lowest BCUT2D eigenvalue weighted by molar-refractivity contribution is -0.140. The Morgan fingerprint density at radius 1 is 1.21 bits per heavy atom. The van der Waals surface area contributed by atoms with E-state index < -0.39 is 0 Å². The number of hydrogen-bond acceptors (Lipinski definition) is 3. The van der Waals surface area contributed by atoms with Crippen LogP contribution in [0.2, 0.25) is 0 Å². The molecule has 0 aliphatic carbocycles. The molecular weight excluding hydrogens is 242 g/mol. The van der Waals surface area contributed by atoms with Crippen LogP contribution in [0, 0.1) is 5.92 Å². The molecule has 19 heavy (non-hydrogen) atoms. The van der Waals surface area contributed by atoms with Crippen LogP contribution in [-0.4, -0.2) is 60.9 Å². The van der Waals surface area contributed by atoms with Crippen LogP contribution in [-0.2, 0) is 9.59 Å². The number of nitrogens with one attached hydrogen (secondary N) is 1. The SMILES string of the molecule is CNCC1CCCN1C(=O)C1CCCN(C(C)=O)C1. The summed E-state index contributed by atoms with van der Waals surface area (Å²) in [5, 5.41) is 3.17. The van der Waals surface area contributed by atoms with Crippen molar-refractivity contribution in [3.63, 3.8) is 0 Å². The van der Waals surface area contributed by atoms with Crippen LogP contribution in [0.25, 0.3) is 0 Å². The summed E-state index contributed by atoms with van der Waals surface area (Å²) in [6, 6.07) is 0.338. The molecule has 2 unspecified atom stereocenters. The average Bonchev–Trinajstić information content (AvgIpc) is 2.86. The minimum atomic E-state index is 0.00936. The average molecular weight is 267 g/mol. The highest BCUT2D eigenvalue weighted by Crippen LogP contribution is 2.24. The smallest absolute Gasteiger partial charge is 0.227 e. The van der Waals surface area contributed by atoms with E-state index in [9.17, 15) is 9.59 Å². The zero-order valence-corrected chi connectivity index (χ0v) is 12.0. The summed E-state index contributed by atoms with van der Waals surface area (Å²) in [5.74, 6) is 0.351. The van der Waals surface area contributed by atoms with Crippen molar-refractivity contribution in [1.82, 2.24) is 15.1 Å². The normalized spacial score (nSPS) is 27.7. The van der Waals surface area contributed by atoms with Crippen LogP contribution in [0.5, 0.6) is 0 Å². The van der Waals surface area contributed by atoms with Gasteiger partial charge in [0.15, 0.2) is 0 Å². The highest BCUT2D eigenvalue weighted by molar-refractivity contribution is 5.81. The number of likely N-dealkylation sites (tertiary alicyclic amines) is 2. The monoisotopic (exact) mass is 267 g/mol. The molecule has 0 aromatic carbocycles. The van der Waals surface area contributed by atoms with E-state index in [0.717, 1.165) is 45.3 Å². The summed E-state index contributed by atoms with van der Waals surface area (Å²) in [5.41, 5.74) is 0. The number of nitrogens with zero attached hydrogens (tertiary/aromatic N) is 2. The molecule has 5 heteroatoms. The minimum absolute atomic E-state index is 0.00936. The van der Waals surface area contributed by atoms with Crippen LogP contribution >= 0.6 is 0 Å². The Kier molecular flexibility index (Phi) is 4.80. The van der Waals surface area contributed by atoms with Crippen LogP contribution < -0.4 is 5.32 Å². The molecule has 1 N–H and O–H groups in total. The third-order valence-corrected chi connectivity index (χ3v) is 4.32. The standard InChI is InChI=1S/C14H25N3O2/c1-11(18)16-7-3-5-12(10-16)14(19)17-8-4-6-13(17)9-15-2/h12-13,15H,3-10H2,1-2H3. The molecule has 2 amide bonds. The molecule has 2 atom stereocenters. The van der Waals surface area contributed by atoms with E-state index in [1.807, 2.05) is 16.8 Å². The fraction of sp³-hybridized carbons (Fsp3) is 0.857. The van der Waals surface area contributed by atoms with E-state index in [-0.39, 0.29) is 17.7 Å². The van der Waals surface area contributed by atoms with Crippen molar-refractivity contribution in [2.24, 2.45) is 5.92 Å². The van der Waals surface area contributed by atoms with Gasteiger partial charge in [-0.25, -0.2) is 0 Å². The van der Waals surface area contributed by atoms with Gasteiger partial charge in [-0.2, -0.15) is 0 Å². The van der Waals surface area contributed by atoms with Crippen molar-refractivity contribution in [3.05, 3.63) is 0 Å². The van der Waals surface area contributed by atoms with E-state index in [2.05, 4.69) is 5.32 Å². The molecule has 0 saturated carbocycles. The zero-order chi connectivity index (χ0) is 13.8. The lowest BCUT2D eigenvalue weighted by atomic mass is 9.96. The first-order valence-electron chi connectivity index (χ1n) is 7.34. The molecular formula is C14H25N3O2. The van der Waals surface area contributed by atoms with Crippen molar-refractivity contribution in [2.75, 3.05) is 33.2 Å². The van der Waals surface area contributed by atoms with Crippen LogP contribution in [0.4, 0.5) is 0 Å². The number of amides is 2. The molecule has 5 nitrogen and oxygen atoms in total. The second-order valence-electron chi connectivity index (χ2n) is 5.69. The summed E-state index contributed by atoms with van der Waals surface area (Å²) < 4.78 is 0. The fourth-order valence-electron chi connectivity index (χ4n) is 3.27. The Balaban J connectivity index is 1.96.